The number of imidazole rings is 1. The molecule has 0 unspecified atom stereocenters. The molecule has 0 saturated carbocycles. The van der Waals surface area contributed by atoms with Crippen molar-refractivity contribution in [2.24, 2.45) is 0 Å². The monoisotopic (exact) mass is 349 g/mol. The van der Waals surface area contributed by atoms with Crippen molar-refractivity contribution in [2.75, 3.05) is 7.05 Å². The van der Waals surface area contributed by atoms with Crippen LogP contribution in [0.2, 0.25) is 5.15 Å². The fourth-order valence-electron chi connectivity index (χ4n) is 1.71. The third-order valence-corrected chi connectivity index (χ3v) is 3.66. The Morgan fingerprint density at radius 1 is 1.35 bits per heavy atom. The Kier molecular flexibility index (Phi) is 4.23. The first kappa shape index (κ1) is 17.4. The highest BCUT2D eigenvalue weighted by molar-refractivity contribution is 6.30. The van der Waals surface area contributed by atoms with Crippen molar-refractivity contribution in [3.05, 3.63) is 29.2 Å². The molecule has 2 aromatic rings. The molecule has 2 heterocycles. The lowest BCUT2D eigenvalue weighted by Crippen LogP contribution is -2.44. The number of carbonyl (C=O) groups is 1. The predicted molar refractivity (Wildman–Crippen MR) is 78.7 cm³/mol. The fraction of sp³-hybridized carbons (Fsp3) is 0.429. The number of aromatic nitrogens is 2. The second-order valence-electron chi connectivity index (χ2n) is 5.91. The topological polar surface area (TPSA) is 46.8 Å². The minimum Gasteiger partial charge on any atom is -0.406 e. The number of hydrogen-bond acceptors (Lipinski definition) is 3. The van der Waals surface area contributed by atoms with Gasteiger partial charge < -0.3 is 9.64 Å². The SMILES string of the molecule is CN(C(=O)Oc1cccn2c(Cl)c(C(F)(F)F)nc12)C(C)(C)C. The van der Waals surface area contributed by atoms with E-state index in [2.05, 4.69) is 4.98 Å². The second-order valence-corrected chi connectivity index (χ2v) is 6.27. The van der Waals surface area contributed by atoms with E-state index in [1.165, 1.54) is 30.3 Å². The molecule has 0 atom stereocenters. The van der Waals surface area contributed by atoms with Crippen LogP contribution in [0.1, 0.15) is 26.5 Å². The number of nitrogens with zero attached hydrogens (tertiary/aromatic N) is 3. The van der Waals surface area contributed by atoms with Crippen LogP contribution in [-0.4, -0.2) is 33.0 Å². The molecule has 23 heavy (non-hydrogen) atoms. The molecule has 0 aromatic carbocycles. The molecule has 2 rings (SSSR count). The largest absolute Gasteiger partial charge is 0.436 e. The van der Waals surface area contributed by atoms with Gasteiger partial charge >= 0.3 is 12.3 Å². The molecule has 0 aliphatic rings. The summed E-state index contributed by atoms with van der Waals surface area (Å²) in [6.07, 6.45) is -4.10. The molecule has 126 valence electrons. The Morgan fingerprint density at radius 2 is 1.96 bits per heavy atom. The van der Waals surface area contributed by atoms with E-state index in [1.807, 2.05) is 0 Å². The number of hydrogen-bond donors (Lipinski definition) is 0. The number of carbonyl (C=O) groups excluding carboxylic acids is 1. The first-order valence-corrected chi connectivity index (χ1v) is 7.00. The van der Waals surface area contributed by atoms with Gasteiger partial charge in [-0.25, -0.2) is 9.78 Å². The zero-order chi connectivity index (χ0) is 17.6. The molecule has 0 saturated heterocycles. The molecular weight excluding hydrogens is 335 g/mol. The van der Waals surface area contributed by atoms with E-state index in [0.717, 1.165) is 4.40 Å². The fourth-order valence-corrected chi connectivity index (χ4v) is 2.00. The second kappa shape index (κ2) is 5.59. The zero-order valence-electron chi connectivity index (χ0n) is 12.9. The maximum atomic E-state index is 12.9. The van der Waals surface area contributed by atoms with Crippen LogP contribution >= 0.6 is 11.6 Å². The van der Waals surface area contributed by atoms with Crippen LogP contribution in [0.25, 0.3) is 5.65 Å². The number of fused-ring (bicyclic) bond motifs is 1. The first-order valence-electron chi connectivity index (χ1n) is 6.62. The number of halogens is 4. The summed E-state index contributed by atoms with van der Waals surface area (Å²) in [5, 5.41) is -0.588. The molecule has 2 aromatic heterocycles. The Hall–Kier alpha value is -1.96. The van der Waals surface area contributed by atoms with Gasteiger partial charge in [-0.05, 0) is 32.9 Å². The van der Waals surface area contributed by atoms with Gasteiger partial charge in [0, 0.05) is 18.8 Å². The van der Waals surface area contributed by atoms with Gasteiger partial charge in [-0.1, -0.05) is 11.6 Å². The molecule has 0 aliphatic heterocycles. The molecule has 0 aliphatic carbocycles. The first-order chi connectivity index (χ1) is 10.4. The van der Waals surface area contributed by atoms with Crippen LogP contribution in [0.15, 0.2) is 18.3 Å². The number of ether oxygens (including phenoxy) is 1. The van der Waals surface area contributed by atoms with Gasteiger partial charge in [0.15, 0.2) is 17.1 Å². The molecule has 0 bridgehead atoms. The molecule has 1 amide bonds. The average molecular weight is 350 g/mol. The Morgan fingerprint density at radius 3 is 2.48 bits per heavy atom. The lowest BCUT2D eigenvalue weighted by molar-refractivity contribution is -0.140. The molecule has 0 fully saturated rings. The summed E-state index contributed by atoms with van der Waals surface area (Å²) in [7, 11) is 1.53. The summed E-state index contributed by atoms with van der Waals surface area (Å²) >= 11 is 5.72. The molecule has 5 nitrogen and oxygen atoms in total. The van der Waals surface area contributed by atoms with Crippen molar-refractivity contribution in [2.45, 2.75) is 32.5 Å². The maximum Gasteiger partial charge on any atom is 0.436 e. The van der Waals surface area contributed by atoms with Gasteiger partial charge in [-0.2, -0.15) is 13.2 Å². The van der Waals surface area contributed by atoms with Gasteiger partial charge in [0.1, 0.15) is 5.15 Å². The van der Waals surface area contributed by atoms with Gasteiger partial charge in [0.2, 0.25) is 0 Å². The quantitative estimate of drug-likeness (QED) is 0.773. The summed E-state index contributed by atoms with van der Waals surface area (Å²) in [4.78, 5) is 16.9. The van der Waals surface area contributed by atoms with E-state index >= 15 is 0 Å². The Bertz CT molecular complexity index is 750. The molecule has 9 heteroatoms. The zero-order valence-corrected chi connectivity index (χ0v) is 13.7. The highest BCUT2D eigenvalue weighted by Gasteiger charge is 2.38. The molecular formula is C14H15ClF3N3O2. The Labute approximate surface area is 135 Å². The third kappa shape index (κ3) is 3.36. The number of rotatable bonds is 1. The van der Waals surface area contributed by atoms with E-state index in [0.29, 0.717) is 0 Å². The number of amides is 1. The van der Waals surface area contributed by atoms with E-state index < -0.39 is 28.7 Å². The minimum absolute atomic E-state index is 0.106. The van der Waals surface area contributed by atoms with Gasteiger partial charge in [-0.3, -0.25) is 4.40 Å². The molecule has 0 spiro atoms. The lowest BCUT2D eigenvalue weighted by atomic mass is 10.1. The Balaban J connectivity index is 2.45. The highest BCUT2D eigenvalue weighted by atomic mass is 35.5. The van der Waals surface area contributed by atoms with Crippen molar-refractivity contribution in [1.82, 2.24) is 14.3 Å². The van der Waals surface area contributed by atoms with Crippen LogP contribution in [0, 0.1) is 0 Å². The summed E-state index contributed by atoms with van der Waals surface area (Å²) in [6.45, 7) is 5.38. The molecule has 0 radical (unpaired) electrons. The summed E-state index contributed by atoms with van der Waals surface area (Å²) < 4.78 is 44.9. The number of pyridine rings is 1. The van der Waals surface area contributed by atoms with Crippen LogP contribution < -0.4 is 4.74 Å². The standard InChI is InChI=1S/C14H15ClF3N3O2/c1-13(2,3)20(4)12(22)23-8-6-5-7-21-10(15)9(14(16,17)18)19-11(8)21/h5-7H,1-4H3. The van der Waals surface area contributed by atoms with E-state index in [4.69, 9.17) is 16.3 Å². The summed E-state index contributed by atoms with van der Waals surface area (Å²) in [6, 6.07) is 2.77. The van der Waals surface area contributed by atoms with Crippen LogP contribution in [0.4, 0.5) is 18.0 Å². The van der Waals surface area contributed by atoms with Crippen LogP contribution in [-0.2, 0) is 6.18 Å². The van der Waals surface area contributed by atoms with Crippen molar-refractivity contribution >= 4 is 23.3 Å². The van der Waals surface area contributed by atoms with Gasteiger partial charge in [0.25, 0.3) is 0 Å². The normalized spacial score (nSPS) is 12.5. The lowest BCUT2D eigenvalue weighted by Gasteiger charge is -2.30. The summed E-state index contributed by atoms with van der Waals surface area (Å²) in [5.74, 6) is -0.106. The highest BCUT2D eigenvalue weighted by Crippen LogP contribution is 2.36. The van der Waals surface area contributed by atoms with Gasteiger partial charge in [-0.15, -0.1) is 0 Å². The maximum absolute atomic E-state index is 12.9. The van der Waals surface area contributed by atoms with Crippen molar-refractivity contribution in [3.63, 3.8) is 0 Å². The van der Waals surface area contributed by atoms with Crippen molar-refractivity contribution in [1.29, 1.82) is 0 Å². The molecule has 0 N–H and O–H groups in total. The van der Waals surface area contributed by atoms with Gasteiger partial charge in [0.05, 0.1) is 0 Å². The predicted octanol–water partition coefficient (Wildman–Crippen LogP) is 4.24. The van der Waals surface area contributed by atoms with E-state index in [9.17, 15) is 18.0 Å². The van der Waals surface area contributed by atoms with Crippen molar-refractivity contribution in [3.8, 4) is 5.75 Å². The van der Waals surface area contributed by atoms with E-state index in [1.54, 1.807) is 20.8 Å². The summed E-state index contributed by atoms with van der Waals surface area (Å²) in [5.41, 5.74) is -1.92. The average Bonchev–Trinajstić information content (AvgIpc) is 2.75. The van der Waals surface area contributed by atoms with E-state index in [-0.39, 0.29) is 11.4 Å². The van der Waals surface area contributed by atoms with Crippen LogP contribution in [0.5, 0.6) is 5.75 Å². The third-order valence-electron chi connectivity index (χ3n) is 3.30. The van der Waals surface area contributed by atoms with Crippen molar-refractivity contribution < 1.29 is 22.7 Å². The minimum atomic E-state index is -4.70. The smallest absolute Gasteiger partial charge is 0.406 e. The van der Waals surface area contributed by atoms with Crippen LogP contribution in [0.3, 0.4) is 0 Å². The number of alkyl halides is 3.